The second-order valence-corrected chi connectivity index (χ2v) is 4.31. The van der Waals surface area contributed by atoms with Gasteiger partial charge in [0.1, 0.15) is 0 Å². The van der Waals surface area contributed by atoms with E-state index in [1.165, 1.54) is 30.0 Å². The van der Waals surface area contributed by atoms with Crippen LogP contribution in [0.5, 0.6) is 0 Å². The molecule has 13 heavy (non-hydrogen) atoms. The third kappa shape index (κ3) is 1.75. The van der Waals surface area contributed by atoms with E-state index >= 15 is 0 Å². The lowest BCUT2D eigenvalue weighted by Crippen LogP contribution is -1.79. The molecule has 0 aliphatic carbocycles. The lowest BCUT2D eigenvalue weighted by molar-refractivity contribution is 0.807. The zero-order valence-electron chi connectivity index (χ0n) is 7.92. The summed E-state index contributed by atoms with van der Waals surface area (Å²) < 4.78 is 0. The van der Waals surface area contributed by atoms with E-state index < -0.39 is 0 Å². The summed E-state index contributed by atoms with van der Waals surface area (Å²) in [5.74, 6) is 0. The fourth-order valence-electron chi connectivity index (χ4n) is 1.58. The van der Waals surface area contributed by atoms with E-state index in [1.54, 1.807) is 4.88 Å². The van der Waals surface area contributed by atoms with Crippen molar-refractivity contribution in [2.45, 2.75) is 26.2 Å². The molecule has 1 heteroatoms. The van der Waals surface area contributed by atoms with E-state index in [2.05, 4.69) is 36.6 Å². The summed E-state index contributed by atoms with van der Waals surface area (Å²) in [7, 11) is 0. The Hall–Kier alpha value is -0.820. The van der Waals surface area contributed by atoms with Crippen molar-refractivity contribution < 1.29 is 0 Å². The molecule has 0 fully saturated rings. The number of hydrogen-bond donors (Lipinski definition) is 0. The Kier molecular flexibility index (Phi) is 2.65. The van der Waals surface area contributed by atoms with Crippen molar-refractivity contribution in [3.8, 4) is 0 Å². The van der Waals surface area contributed by atoms with Gasteiger partial charge in [-0.15, -0.1) is 11.3 Å². The molecule has 0 nitrogen and oxygen atoms in total. The van der Waals surface area contributed by atoms with Gasteiger partial charge in [-0.05, 0) is 29.0 Å². The summed E-state index contributed by atoms with van der Waals surface area (Å²) in [5.41, 5.74) is 0. The molecular weight excluding hydrogens is 176 g/mol. The molecule has 0 spiro atoms. The number of thiophene rings is 1. The van der Waals surface area contributed by atoms with Gasteiger partial charge in [0, 0.05) is 4.88 Å². The fourth-order valence-corrected chi connectivity index (χ4v) is 2.63. The molecule has 0 aliphatic heterocycles. The van der Waals surface area contributed by atoms with Crippen LogP contribution in [0.3, 0.4) is 0 Å². The van der Waals surface area contributed by atoms with E-state index in [9.17, 15) is 0 Å². The summed E-state index contributed by atoms with van der Waals surface area (Å²) in [6, 6.07) is 8.67. The lowest BCUT2D eigenvalue weighted by Gasteiger charge is -1.96. The van der Waals surface area contributed by atoms with Crippen molar-refractivity contribution in [1.29, 1.82) is 0 Å². The highest BCUT2D eigenvalue weighted by molar-refractivity contribution is 7.11. The number of benzene rings is 1. The molecular formula is C12H14S. The van der Waals surface area contributed by atoms with Crippen molar-refractivity contribution in [3.63, 3.8) is 0 Å². The summed E-state index contributed by atoms with van der Waals surface area (Å²) in [6.07, 6.45) is 3.84. The van der Waals surface area contributed by atoms with Gasteiger partial charge in [0.25, 0.3) is 0 Å². The molecule has 1 heterocycles. The van der Waals surface area contributed by atoms with Crippen molar-refractivity contribution in [1.82, 2.24) is 0 Å². The fraction of sp³-hybridized carbons (Fsp3) is 0.333. The van der Waals surface area contributed by atoms with Gasteiger partial charge in [-0.2, -0.15) is 0 Å². The Labute approximate surface area is 83.2 Å². The largest absolute Gasteiger partial charge is 0.148 e. The van der Waals surface area contributed by atoms with Crippen LogP contribution < -0.4 is 0 Å². The number of rotatable bonds is 3. The molecule has 2 aromatic rings. The summed E-state index contributed by atoms with van der Waals surface area (Å²) in [6.45, 7) is 2.25. The van der Waals surface area contributed by atoms with Crippen LogP contribution in [0.15, 0.2) is 29.6 Å². The highest BCUT2D eigenvalue weighted by Crippen LogP contribution is 2.26. The van der Waals surface area contributed by atoms with Gasteiger partial charge >= 0.3 is 0 Å². The Morgan fingerprint density at radius 3 is 2.92 bits per heavy atom. The molecule has 68 valence electrons. The molecule has 0 radical (unpaired) electrons. The minimum Gasteiger partial charge on any atom is -0.148 e. The molecule has 0 unspecified atom stereocenters. The van der Waals surface area contributed by atoms with Gasteiger partial charge in [-0.3, -0.25) is 0 Å². The topological polar surface area (TPSA) is 0 Å². The van der Waals surface area contributed by atoms with Crippen LogP contribution in [-0.4, -0.2) is 0 Å². The van der Waals surface area contributed by atoms with Crippen LogP contribution in [0.4, 0.5) is 0 Å². The zero-order valence-corrected chi connectivity index (χ0v) is 8.73. The molecule has 2 rings (SSSR count). The summed E-state index contributed by atoms with van der Waals surface area (Å²) in [5, 5.41) is 5.12. The summed E-state index contributed by atoms with van der Waals surface area (Å²) in [4.78, 5) is 1.55. The van der Waals surface area contributed by atoms with Crippen molar-refractivity contribution in [3.05, 3.63) is 34.5 Å². The van der Waals surface area contributed by atoms with E-state index in [0.29, 0.717) is 0 Å². The van der Waals surface area contributed by atoms with Gasteiger partial charge in [0.05, 0.1) is 0 Å². The first-order valence-corrected chi connectivity index (χ1v) is 5.75. The first-order chi connectivity index (χ1) is 6.42. The first-order valence-electron chi connectivity index (χ1n) is 4.87. The molecule has 0 N–H and O–H groups in total. The number of aryl methyl sites for hydroxylation is 1. The maximum atomic E-state index is 2.26. The normalized spacial score (nSPS) is 10.8. The van der Waals surface area contributed by atoms with Crippen molar-refractivity contribution >= 4 is 22.1 Å². The molecule has 0 atom stereocenters. The van der Waals surface area contributed by atoms with Crippen molar-refractivity contribution in [2.24, 2.45) is 0 Å². The first kappa shape index (κ1) is 8.76. The second kappa shape index (κ2) is 3.93. The van der Waals surface area contributed by atoms with Crippen LogP contribution in [0.2, 0.25) is 0 Å². The van der Waals surface area contributed by atoms with Gasteiger partial charge in [-0.25, -0.2) is 0 Å². The number of unbranched alkanes of at least 4 members (excludes halogenated alkanes) is 1. The molecule has 0 saturated heterocycles. The second-order valence-electron chi connectivity index (χ2n) is 3.35. The van der Waals surface area contributed by atoms with Crippen molar-refractivity contribution in [2.75, 3.05) is 0 Å². The number of hydrogen-bond acceptors (Lipinski definition) is 1. The van der Waals surface area contributed by atoms with Gasteiger partial charge in [0.2, 0.25) is 0 Å². The minimum atomic E-state index is 1.24. The smallest absolute Gasteiger partial charge is 0.0124 e. The van der Waals surface area contributed by atoms with Crippen LogP contribution in [0.25, 0.3) is 10.8 Å². The van der Waals surface area contributed by atoms with E-state index in [0.717, 1.165) is 0 Å². The molecule has 1 aromatic heterocycles. The van der Waals surface area contributed by atoms with E-state index in [4.69, 9.17) is 0 Å². The molecule has 0 saturated carbocycles. The predicted molar refractivity (Wildman–Crippen MR) is 60.4 cm³/mol. The predicted octanol–water partition coefficient (Wildman–Crippen LogP) is 4.24. The van der Waals surface area contributed by atoms with Crippen LogP contribution in [0.1, 0.15) is 24.6 Å². The monoisotopic (exact) mass is 190 g/mol. The van der Waals surface area contributed by atoms with Crippen LogP contribution >= 0.6 is 11.3 Å². The minimum absolute atomic E-state index is 1.24. The number of fused-ring (bicyclic) bond motifs is 1. The average Bonchev–Trinajstić information content (AvgIpc) is 2.58. The Morgan fingerprint density at radius 2 is 2.08 bits per heavy atom. The highest BCUT2D eigenvalue weighted by Gasteiger charge is 2.01. The third-order valence-electron chi connectivity index (χ3n) is 2.35. The van der Waals surface area contributed by atoms with Crippen LogP contribution in [-0.2, 0) is 6.42 Å². The third-order valence-corrected chi connectivity index (χ3v) is 3.43. The van der Waals surface area contributed by atoms with Crippen LogP contribution in [0, 0.1) is 0 Å². The maximum Gasteiger partial charge on any atom is 0.0124 e. The highest BCUT2D eigenvalue weighted by atomic mass is 32.1. The average molecular weight is 190 g/mol. The molecule has 1 aromatic carbocycles. The van der Waals surface area contributed by atoms with E-state index in [1.807, 2.05) is 11.3 Å². The quantitative estimate of drug-likeness (QED) is 0.679. The summed E-state index contributed by atoms with van der Waals surface area (Å²) >= 11 is 1.90. The van der Waals surface area contributed by atoms with Gasteiger partial charge < -0.3 is 0 Å². The standard InChI is InChI=1S/C12H14S/c1-2-3-8-12-11-7-5-4-6-10(11)9-13-12/h4-7,9H,2-3,8H2,1H3. The Bertz CT molecular complexity index is 387. The van der Waals surface area contributed by atoms with E-state index in [-0.39, 0.29) is 0 Å². The molecule has 0 amide bonds. The zero-order chi connectivity index (χ0) is 9.10. The lowest BCUT2D eigenvalue weighted by atomic mass is 10.1. The Morgan fingerprint density at radius 1 is 1.23 bits per heavy atom. The van der Waals surface area contributed by atoms with Gasteiger partial charge in [0.15, 0.2) is 0 Å². The molecule has 0 aliphatic rings. The Balaban J connectivity index is 2.35. The SMILES string of the molecule is CCCCc1scc2ccccc12. The van der Waals surface area contributed by atoms with Gasteiger partial charge in [-0.1, -0.05) is 37.6 Å². The maximum absolute atomic E-state index is 2.26. The molecule has 0 bridgehead atoms.